The smallest absolute Gasteiger partial charge is 0.329 e. The summed E-state index contributed by atoms with van der Waals surface area (Å²) in [7, 11) is 0. The Balaban J connectivity index is 1.33. The van der Waals surface area contributed by atoms with E-state index in [2.05, 4.69) is 70.8 Å². The van der Waals surface area contributed by atoms with Crippen LogP contribution >= 0.6 is 12.6 Å². The number of esters is 1. The number of benzene rings is 3. The highest BCUT2D eigenvalue weighted by Crippen LogP contribution is 2.23. The number of hydrogen-bond donors (Lipinski definition) is 16. The van der Waals surface area contributed by atoms with E-state index in [4.69, 9.17) is 16.2 Å². The fraction of sp³-hybridized carbons (Fsp3) is 0.535. The molecule has 17 N–H and O–H groups in total. The van der Waals surface area contributed by atoms with E-state index in [1.165, 1.54) is 19.1 Å². The first-order valence-electron chi connectivity index (χ1n) is 34.7. The molecule has 0 spiro atoms. The van der Waals surface area contributed by atoms with E-state index in [-0.39, 0.29) is 69.7 Å². The number of likely N-dealkylation sites (tertiary alicyclic amines) is 1. The van der Waals surface area contributed by atoms with Crippen LogP contribution in [-0.4, -0.2) is 195 Å². The maximum absolute atomic E-state index is 15.0. The lowest BCUT2D eigenvalue weighted by Gasteiger charge is -2.30. The van der Waals surface area contributed by atoms with E-state index >= 15 is 0 Å². The molecule has 0 radical (unpaired) electrons. The van der Waals surface area contributed by atoms with Gasteiger partial charge in [-0.1, -0.05) is 115 Å². The van der Waals surface area contributed by atoms with E-state index < -0.39 is 174 Å². The number of aromatic hydroxyl groups is 1. The number of carboxylic acids is 1. The van der Waals surface area contributed by atoms with Gasteiger partial charge in [-0.15, -0.1) is 0 Å². The number of fused-ring (bicyclic) bond motifs is 1. The van der Waals surface area contributed by atoms with Crippen molar-refractivity contribution in [3.05, 3.63) is 102 Å². The number of nitrogens with two attached hydrogens (primary N) is 2. The first-order valence-corrected chi connectivity index (χ1v) is 35.3. The average molecular weight is 1440 g/mol. The zero-order chi connectivity index (χ0) is 75.3. The van der Waals surface area contributed by atoms with Gasteiger partial charge in [0.2, 0.25) is 65.0 Å². The molecule has 11 amide bonds. The summed E-state index contributed by atoms with van der Waals surface area (Å²) in [5, 5.41) is 47.0. The Labute approximate surface area is 599 Å². The van der Waals surface area contributed by atoms with Gasteiger partial charge in [-0.3, -0.25) is 57.5 Å². The van der Waals surface area contributed by atoms with Gasteiger partial charge in [0.15, 0.2) is 0 Å². The number of carbonyl (C=O) groups is 13. The standard InChI is InChI=1S/C71H102N14O16S/c1-9-40(6)59(84-69(98)60(41(7)10-2)83-62(91)48(73)32-44-26-28-46(86)29-27-44)68(97)77-50(24-17-18-30-72)63(92)75-37-56(87)82-58(39(4)5)67(96)79-51(33-43-20-13-12-14-21-43)64(93)78-52(34-45-36-74-49-23-16-15-22-47(45)49)65(94)80-53(35-57(88)89)70(99)85-31-19-25-55(85)66(95)76-42(8)61(90)81-54(38-102)71(100)101-11-3/h12-16,20-23,26-29,36,39-42,48,50-55,58-60,74,86,102H,9-11,17-19,24-25,30-35,37-38,72-73H2,1-8H3,(H,75,92)(H,76,95)(H,77,97)(H,78,93)(H,79,96)(H,80,94)(H,81,90)(H,82,87)(H,83,91)(H,84,98)(H,88,89)/t40-,41-,42-,48-,50-,51-,52-,53-,54-,55-,58-,59-,60-/m0/s1. The van der Waals surface area contributed by atoms with Crippen molar-refractivity contribution >= 4 is 100 Å². The molecule has 0 unspecified atom stereocenters. The summed E-state index contributed by atoms with van der Waals surface area (Å²) in [4.78, 5) is 185. The topological polar surface area (TPSA) is 463 Å². The van der Waals surface area contributed by atoms with Crippen molar-refractivity contribution in [2.24, 2.45) is 29.2 Å². The largest absolute Gasteiger partial charge is 0.508 e. The molecule has 31 heteroatoms. The second kappa shape index (κ2) is 41.3. The molecule has 30 nitrogen and oxygen atoms in total. The number of aromatic amines is 1. The van der Waals surface area contributed by atoms with Crippen LogP contribution in [0.5, 0.6) is 5.75 Å². The van der Waals surface area contributed by atoms with Gasteiger partial charge in [-0.05, 0) is 112 Å². The van der Waals surface area contributed by atoms with Crippen molar-refractivity contribution in [1.29, 1.82) is 0 Å². The second-order valence-corrected chi connectivity index (χ2v) is 26.4. The first kappa shape index (κ1) is 83.0. The van der Waals surface area contributed by atoms with Crippen LogP contribution in [0.1, 0.15) is 123 Å². The molecule has 1 aliphatic heterocycles. The van der Waals surface area contributed by atoms with E-state index in [9.17, 15) is 72.5 Å². The Kier molecular flexibility index (Phi) is 33.7. The van der Waals surface area contributed by atoms with Crippen molar-refractivity contribution in [2.45, 2.75) is 192 Å². The molecule has 13 atom stereocenters. The predicted molar refractivity (Wildman–Crippen MR) is 382 cm³/mol. The second-order valence-electron chi connectivity index (χ2n) is 26.0. The summed E-state index contributed by atoms with van der Waals surface area (Å²) >= 11 is 4.12. The number of para-hydroxylation sites is 1. The van der Waals surface area contributed by atoms with Crippen LogP contribution in [-0.2, 0) is 86.3 Å². The Bertz CT molecular complexity index is 3520. The average Bonchev–Trinajstić information content (AvgIpc) is 1.64. The third-order valence-electron chi connectivity index (χ3n) is 17.9. The van der Waals surface area contributed by atoms with Gasteiger partial charge in [0.1, 0.15) is 66.2 Å². The van der Waals surface area contributed by atoms with Crippen LogP contribution in [0.4, 0.5) is 0 Å². The lowest BCUT2D eigenvalue weighted by atomic mass is 9.94. The van der Waals surface area contributed by atoms with Crippen molar-refractivity contribution in [3.63, 3.8) is 0 Å². The number of unbranched alkanes of at least 4 members (excludes halogenated alkanes) is 1. The molecule has 4 aromatic rings. The molecule has 1 fully saturated rings. The zero-order valence-electron chi connectivity index (χ0n) is 59.1. The minimum atomic E-state index is -1.80. The molecule has 102 heavy (non-hydrogen) atoms. The summed E-state index contributed by atoms with van der Waals surface area (Å²) in [6.45, 7) is 12.9. The molecule has 1 aliphatic rings. The number of aliphatic carboxylic acids is 1. The maximum atomic E-state index is 15.0. The molecule has 5 rings (SSSR count). The highest BCUT2D eigenvalue weighted by atomic mass is 32.1. The first-order chi connectivity index (χ1) is 48.5. The molecule has 1 aromatic heterocycles. The van der Waals surface area contributed by atoms with Gasteiger partial charge >= 0.3 is 11.9 Å². The Morgan fingerprint density at radius 2 is 1.17 bits per heavy atom. The summed E-state index contributed by atoms with van der Waals surface area (Å²) < 4.78 is 4.98. The summed E-state index contributed by atoms with van der Waals surface area (Å²) in [6, 6.07) is 7.39. The molecule has 1 saturated heterocycles. The number of nitrogens with zero attached hydrogens (tertiary/aromatic N) is 1. The van der Waals surface area contributed by atoms with Gasteiger partial charge in [0.25, 0.3) is 0 Å². The van der Waals surface area contributed by atoms with Crippen molar-refractivity contribution < 1.29 is 77.3 Å². The lowest BCUT2D eigenvalue weighted by Crippen LogP contribution is -2.61. The third kappa shape index (κ3) is 25.2. The SMILES string of the molecule is CCOC(=O)[C@H](CS)NC(=O)[C@H](C)NC(=O)[C@@H]1CCCN1C(=O)[C@H](CC(=O)O)NC(=O)[C@H](Cc1c[nH]c2ccccc12)NC(=O)[C@H](Cc1ccccc1)NC(=O)[C@@H](NC(=O)CNC(=O)[C@H](CCCCN)NC(=O)[C@@H](NC(=O)[C@@H](NC(=O)[C@@H](N)Cc1ccc(O)cc1)[C@@H](C)CC)[C@@H](C)CC)C(C)C. The molecule has 3 aromatic carbocycles. The number of thiol groups is 1. The quantitative estimate of drug-likeness (QED) is 0.0164. The summed E-state index contributed by atoms with van der Waals surface area (Å²) in [5.74, 6) is -12.7. The molecule has 558 valence electrons. The molecule has 0 saturated carbocycles. The zero-order valence-corrected chi connectivity index (χ0v) is 60.0. The molecule has 0 bridgehead atoms. The van der Waals surface area contributed by atoms with Crippen LogP contribution in [0.2, 0.25) is 0 Å². The lowest BCUT2D eigenvalue weighted by molar-refractivity contribution is -0.147. The van der Waals surface area contributed by atoms with Crippen LogP contribution in [0.3, 0.4) is 0 Å². The summed E-state index contributed by atoms with van der Waals surface area (Å²) in [5.41, 5.74) is 14.5. The number of phenolic OH excluding ortho intramolecular Hbond substituents is 1. The monoisotopic (exact) mass is 1440 g/mol. The van der Waals surface area contributed by atoms with E-state index in [1.54, 1.807) is 108 Å². The number of hydrogen-bond acceptors (Lipinski definition) is 18. The van der Waals surface area contributed by atoms with Crippen LogP contribution in [0, 0.1) is 17.8 Å². The number of nitrogens with one attached hydrogen (secondary N) is 11. The van der Waals surface area contributed by atoms with Crippen LogP contribution < -0.4 is 64.6 Å². The van der Waals surface area contributed by atoms with Crippen molar-refractivity contribution in [2.75, 3.05) is 32.0 Å². The fourth-order valence-electron chi connectivity index (χ4n) is 11.5. The van der Waals surface area contributed by atoms with E-state index in [1.807, 2.05) is 13.8 Å². The number of carboxylic acid groups (broad SMARTS) is 1. The van der Waals surface area contributed by atoms with E-state index in [0.29, 0.717) is 53.3 Å². The Morgan fingerprint density at radius 1 is 0.608 bits per heavy atom. The van der Waals surface area contributed by atoms with Crippen LogP contribution in [0.25, 0.3) is 10.9 Å². The number of amides is 11. The molecular weight excluding hydrogens is 1340 g/mol. The molecule has 0 aliphatic carbocycles. The summed E-state index contributed by atoms with van der Waals surface area (Å²) in [6.07, 6.45) is 2.50. The van der Waals surface area contributed by atoms with Gasteiger partial charge < -0.3 is 89.5 Å². The normalized spacial score (nSPS) is 16.3. The maximum Gasteiger partial charge on any atom is 0.329 e. The van der Waals surface area contributed by atoms with Gasteiger partial charge in [0, 0.05) is 42.2 Å². The number of aromatic nitrogens is 1. The number of ether oxygens (including phenoxy) is 1. The third-order valence-corrected chi connectivity index (χ3v) is 18.3. The van der Waals surface area contributed by atoms with Crippen molar-refractivity contribution in [3.8, 4) is 5.75 Å². The predicted octanol–water partition coefficient (Wildman–Crippen LogP) is 0.564. The number of carbonyl (C=O) groups excluding carboxylic acids is 12. The highest BCUT2D eigenvalue weighted by molar-refractivity contribution is 7.80. The van der Waals surface area contributed by atoms with Gasteiger partial charge in [-0.25, -0.2) is 4.79 Å². The fourth-order valence-corrected chi connectivity index (χ4v) is 11.8. The van der Waals surface area contributed by atoms with E-state index in [0.717, 1.165) is 4.90 Å². The Morgan fingerprint density at radius 3 is 1.77 bits per heavy atom. The minimum Gasteiger partial charge on any atom is -0.508 e. The molecular formula is C71H102N14O16S. The van der Waals surface area contributed by atoms with Gasteiger partial charge in [0.05, 0.1) is 25.6 Å². The Hall–Kier alpha value is -9.62. The highest BCUT2D eigenvalue weighted by Gasteiger charge is 2.42. The van der Waals surface area contributed by atoms with Crippen molar-refractivity contribution in [1.82, 2.24) is 63.1 Å². The minimum absolute atomic E-state index is 0.0378. The van der Waals surface area contributed by atoms with Gasteiger partial charge in [-0.2, -0.15) is 12.6 Å². The number of phenols is 1. The van der Waals surface area contributed by atoms with Crippen LogP contribution in [0.15, 0.2) is 85.1 Å². The molecule has 2 heterocycles. The number of rotatable bonds is 41. The number of H-pyrrole nitrogens is 1.